The summed E-state index contributed by atoms with van der Waals surface area (Å²) in [7, 11) is 0. The van der Waals surface area contributed by atoms with Crippen molar-refractivity contribution in [1.29, 1.82) is 0 Å². The highest BCUT2D eigenvalue weighted by molar-refractivity contribution is 5.96. The fourth-order valence-corrected chi connectivity index (χ4v) is 2.20. The predicted octanol–water partition coefficient (Wildman–Crippen LogP) is 2.22. The number of hydrogen-bond donors (Lipinski definition) is 2. The second kappa shape index (κ2) is 5.13. The van der Waals surface area contributed by atoms with Gasteiger partial charge in [-0.3, -0.25) is 4.79 Å². The van der Waals surface area contributed by atoms with E-state index >= 15 is 0 Å². The van der Waals surface area contributed by atoms with E-state index in [0.717, 1.165) is 11.1 Å². The third-order valence-corrected chi connectivity index (χ3v) is 3.22. The molecule has 5 nitrogen and oxygen atoms in total. The van der Waals surface area contributed by atoms with E-state index in [4.69, 9.17) is 11.5 Å². The maximum Gasteiger partial charge on any atom is 0.250 e. The van der Waals surface area contributed by atoms with Crippen molar-refractivity contribution in [3.05, 3.63) is 66.5 Å². The molecule has 0 bridgehead atoms. The highest BCUT2D eigenvalue weighted by Crippen LogP contribution is 2.23. The van der Waals surface area contributed by atoms with Gasteiger partial charge in [-0.2, -0.15) is 5.10 Å². The Hall–Kier alpha value is -3.08. The van der Waals surface area contributed by atoms with Gasteiger partial charge in [0.05, 0.1) is 17.4 Å². The largest absolute Gasteiger partial charge is 0.399 e. The minimum Gasteiger partial charge on any atom is -0.399 e. The first-order chi connectivity index (χ1) is 10.1. The van der Waals surface area contributed by atoms with E-state index in [1.807, 2.05) is 36.5 Å². The SMILES string of the molecule is NC(=O)c1ccccc1-n1cc(-c2cccc(N)c2)cn1. The Bertz CT molecular complexity index is 807. The zero-order chi connectivity index (χ0) is 14.8. The summed E-state index contributed by atoms with van der Waals surface area (Å²) in [6.07, 6.45) is 3.57. The van der Waals surface area contributed by atoms with Crippen LogP contribution in [-0.2, 0) is 0 Å². The van der Waals surface area contributed by atoms with Crippen molar-refractivity contribution >= 4 is 11.6 Å². The Morgan fingerprint density at radius 3 is 2.62 bits per heavy atom. The van der Waals surface area contributed by atoms with Gasteiger partial charge in [0.2, 0.25) is 0 Å². The Balaban J connectivity index is 2.05. The molecule has 1 heterocycles. The number of nitrogens with zero attached hydrogens (tertiary/aromatic N) is 2. The maximum absolute atomic E-state index is 11.5. The van der Waals surface area contributed by atoms with Gasteiger partial charge in [-0.25, -0.2) is 4.68 Å². The van der Waals surface area contributed by atoms with E-state index in [9.17, 15) is 4.79 Å². The third kappa shape index (κ3) is 2.49. The van der Waals surface area contributed by atoms with Crippen LogP contribution in [0.2, 0.25) is 0 Å². The number of carbonyl (C=O) groups excluding carboxylic acids is 1. The molecular weight excluding hydrogens is 264 g/mol. The maximum atomic E-state index is 11.5. The first-order valence-corrected chi connectivity index (χ1v) is 6.45. The van der Waals surface area contributed by atoms with Crippen LogP contribution < -0.4 is 11.5 Å². The third-order valence-electron chi connectivity index (χ3n) is 3.22. The summed E-state index contributed by atoms with van der Waals surface area (Å²) in [5, 5.41) is 4.30. The molecule has 0 spiro atoms. The summed E-state index contributed by atoms with van der Waals surface area (Å²) < 4.78 is 1.64. The smallest absolute Gasteiger partial charge is 0.250 e. The molecule has 1 amide bonds. The molecule has 3 aromatic rings. The molecule has 3 rings (SSSR count). The molecule has 0 fully saturated rings. The van der Waals surface area contributed by atoms with E-state index in [1.165, 1.54) is 0 Å². The Morgan fingerprint density at radius 1 is 1.05 bits per heavy atom. The Labute approximate surface area is 121 Å². The summed E-state index contributed by atoms with van der Waals surface area (Å²) in [5.74, 6) is -0.480. The number of anilines is 1. The molecule has 4 N–H and O–H groups in total. The van der Waals surface area contributed by atoms with Crippen molar-refractivity contribution in [2.45, 2.75) is 0 Å². The van der Waals surface area contributed by atoms with Gasteiger partial charge in [-0.1, -0.05) is 24.3 Å². The van der Waals surface area contributed by atoms with Crippen molar-refractivity contribution in [2.75, 3.05) is 5.73 Å². The lowest BCUT2D eigenvalue weighted by Crippen LogP contribution is -2.14. The van der Waals surface area contributed by atoms with Gasteiger partial charge in [0.1, 0.15) is 0 Å². The van der Waals surface area contributed by atoms with Crippen LogP contribution in [0.15, 0.2) is 60.9 Å². The molecule has 104 valence electrons. The summed E-state index contributed by atoms with van der Waals surface area (Å²) in [4.78, 5) is 11.5. The van der Waals surface area contributed by atoms with E-state index < -0.39 is 5.91 Å². The predicted molar refractivity (Wildman–Crippen MR) is 81.9 cm³/mol. The van der Waals surface area contributed by atoms with Gasteiger partial charge in [0.25, 0.3) is 5.91 Å². The first kappa shape index (κ1) is 12.9. The zero-order valence-electron chi connectivity index (χ0n) is 11.2. The van der Waals surface area contributed by atoms with Crippen molar-refractivity contribution in [1.82, 2.24) is 9.78 Å². The van der Waals surface area contributed by atoms with Crippen LogP contribution in [0.5, 0.6) is 0 Å². The number of rotatable bonds is 3. The summed E-state index contributed by atoms with van der Waals surface area (Å²) >= 11 is 0. The fraction of sp³-hybridized carbons (Fsp3) is 0. The van der Waals surface area contributed by atoms with Gasteiger partial charge in [-0.05, 0) is 29.8 Å². The highest BCUT2D eigenvalue weighted by atomic mass is 16.1. The van der Waals surface area contributed by atoms with Crippen molar-refractivity contribution < 1.29 is 4.79 Å². The monoisotopic (exact) mass is 278 g/mol. The van der Waals surface area contributed by atoms with Crippen LogP contribution in [-0.4, -0.2) is 15.7 Å². The van der Waals surface area contributed by atoms with E-state index in [1.54, 1.807) is 29.1 Å². The van der Waals surface area contributed by atoms with Gasteiger partial charge in [0.15, 0.2) is 0 Å². The van der Waals surface area contributed by atoms with Gasteiger partial charge in [-0.15, -0.1) is 0 Å². The minimum absolute atomic E-state index is 0.430. The molecule has 1 aromatic heterocycles. The Kier molecular flexibility index (Phi) is 3.16. The van der Waals surface area contributed by atoms with Crippen molar-refractivity contribution in [3.8, 4) is 16.8 Å². The molecule has 0 saturated carbocycles. The molecule has 0 aliphatic carbocycles. The van der Waals surface area contributed by atoms with Gasteiger partial charge >= 0.3 is 0 Å². The number of carbonyl (C=O) groups is 1. The lowest BCUT2D eigenvalue weighted by atomic mass is 10.1. The van der Waals surface area contributed by atoms with Crippen LogP contribution in [0.1, 0.15) is 10.4 Å². The molecule has 0 saturated heterocycles. The van der Waals surface area contributed by atoms with Crippen LogP contribution in [0.25, 0.3) is 16.8 Å². The molecule has 0 aliphatic rings. The van der Waals surface area contributed by atoms with Crippen LogP contribution in [0.3, 0.4) is 0 Å². The number of hydrogen-bond acceptors (Lipinski definition) is 3. The standard InChI is InChI=1S/C16H14N4O/c17-13-5-3-4-11(8-13)12-9-19-20(10-12)15-7-2-1-6-14(15)16(18)21/h1-10H,17H2,(H2,18,21). The van der Waals surface area contributed by atoms with Gasteiger partial charge in [0, 0.05) is 17.4 Å². The van der Waals surface area contributed by atoms with Crippen molar-refractivity contribution in [3.63, 3.8) is 0 Å². The average Bonchev–Trinajstić information content (AvgIpc) is 2.97. The second-order valence-electron chi connectivity index (χ2n) is 4.68. The van der Waals surface area contributed by atoms with E-state index in [-0.39, 0.29) is 0 Å². The second-order valence-corrected chi connectivity index (χ2v) is 4.68. The number of amides is 1. The quantitative estimate of drug-likeness (QED) is 0.720. The molecule has 2 aromatic carbocycles. The molecule has 0 aliphatic heterocycles. The van der Waals surface area contributed by atoms with Crippen molar-refractivity contribution in [2.24, 2.45) is 5.73 Å². The molecular formula is C16H14N4O. The highest BCUT2D eigenvalue weighted by Gasteiger charge is 2.10. The molecule has 21 heavy (non-hydrogen) atoms. The lowest BCUT2D eigenvalue weighted by molar-refractivity contribution is 0.1000. The summed E-state index contributed by atoms with van der Waals surface area (Å²) in [6.45, 7) is 0. The fourth-order valence-electron chi connectivity index (χ4n) is 2.20. The zero-order valence-corrected chi connectivity index (χ0v) is 11.2. The number of nitrogens with two attached hydrogens (primary N) is 2. The molecule has 5 heteroatoms. The Morgan fingerprint density at radius 2 is 1.86 bits per heavy atom. The number of primary amides is 1. The molecule has 0 atom stereocenters. The van der Waals surface area contributed by atoms with Crippen LogP contribution in [0, 0.1) is 0 Å². The van der Waals surface area contributed by atoms with Gasteiger partial charge < -0.3 is 11.5 Å². The van der Waals surface area contributed by atoms with E-state index in [2.05, 4.69) is 5.10 Å². The summed E-state index contributed by atoms with van der Waals surface area (Å²) in [5.41, 5.74) is 14.8. The normalized spacial score (nSPS) is 10.5. The molecule has 0 unspecified atom stereocenters. The minimum atomic E-state index is -0.480. The topological polar surface area (TPSA) is 86.9 Å². The lowest BCUT2D eigenvalue weighted by Gasteiger charge is -2.05. The number of benzene rings is 2. The summed E-state index contributed by atoms with van der Waals surface area (Å²) in [6, 6.07) is 14.6. The van der Waals surface area contributed by atoms with Crippen LogP contribution in [0.4, 0.5) is 5.69 Å². The average molecular weight is 278 g/mol. The molecule has 0 radical (unpaired) electrons. The van der Waals surface area contributed by atoms with E-state index in [0.29, 0.717) is 16.9 Å². The van der Waals surface area contributed by atoms with Crippen LogP contribution >= 0.6 is 0 Å². The number of nitrogen functional groups attached to an aromatic ring is 1. The number of para-hydroxylation sites is 1. The first-order valence-electron chi connectivity index (χ1n) is 6.45. The number of aromatic nitrogens is 2.